The fourth-order valence-electron chi connectivity index (χ4n) is 3.72. The van der Waals surface area contributed by atoms with Gasteiger partial charge in [-0.1, -0.05) is 60.3 Å². The Morgan fingerprint density at radius 3 is 2.25 bits per heavy atom. The van der Waals surface area contributed by atoms with Crippen molar-refractivity contribution in [2.45, 2.75) is 18.1 Å². The van der Waals surface area contributed by atoms with Crippen LogP contribution in [0.5, 0.6) is 0 Å². The molecule has 8 heteroatoms. The molecule has 0 atom stereocenters. The molecular formula is C24H20N4O2S2. The van der Waals surface area contributed by atoms with E-state index in [9.17, 15) is 9.59 Å². The van der Waals surface area contributed by atoms with Crippen LogP contribution in [0.2, 0.25) is 0 Å². The lowest BCUT2D eigenvalue weighted by molar-refractivity contribution is 0.0655. The van der Waals surface area contributed by atoms with Gasteiger partial charge in [-0.15, -0.1) is 21.5 Å². The summed E-state index contributed by atoms with van der Waals surface area (Å²) in [6.07, 6.45) is 0.683. The van der Waals surface area contributed by atoms with E-state index in [0.29, 0.717) is 30.6 Å². The van der Waals surface area contributed by atoms with Crippen LogP contribution in [0, 0.1) is 0 Å². The second-order valence-corrected chi connectivity index (χ2v) is 9.37. The summed E-state index contributed by atoms with van der Waals surface area (Å²) in [7, 11) is 0. The average Bonchev–Trinajstić information content (AvgIpc) is 3.54. The van der Waals surface area contributed by atoms with Gasteiger partial charge in [-0.25, -0.2) is 0 Å². The van der Waals surface area contributed by atoms with Crippen molar-refractivity contribution in [2.24, 2.45) is 0 Å². The molecule has 1 aliphatic rings. The topological polar surface area (TPSA) is 68.1 Å². The molecule has 0 saturated heterocycles. The Morgan fingerprint density at radius 2 is 1.56 bits per heavy atom. The van der Waals surface area contributed by atoms with Crippen LogP contribution >= 0.6 is 23.1 Å². The number of rotatable bonds is 8. The Morgan fingerprint density at radius 1 is 0.844 bits per heavy atom. The first kappa shape index (κ1) is 20.7. The minimum atomic E-state index is -0.206. The molecule has 0 radical (unpaired) electrons. The van der Waals surface area contributed by atoms with Gasteiger partial charge in [0, 0.05) is 12.3 Å². The second-order valence-electron chi connectivity index (χ2n) is 7.36. The third-order valence-electron chi connectivity index (χ3n) is 5.28. The highest BCUT2D eigenvalue weighted by atomic mass is 32.2. The molecule has 6 nitrogen and oxygen atoms in total. The first-order valence-electron chi connectivity index (χ1n) is 10.3. The number of fused-ring (bicyclic) bond motifs is 1. The lowest BCUT2D eigenvalue weighted by atomic mass is 10.1. The van der Waals surface area contributed by atoms with Crippen LogP contribution in [0.25, 0.3) is 10.7 Å². The van der Waals surface area contributed by atoms with Crippen molar-refractivity contribution in [1.82, 2.24) is 19.7 Å². The molecule has 2 aromatic heterocycles. The highest BCUT2D eigenvalue weighted by molar-refractivity contribution is 7.99. The van der Waals surface area contributed by atoms with E-state index in [4.69, 9.17) is 0 Å². The molecule has 2 amide bonds. The van der Waals surface area contributed by atoms with Gasteiger partial charge in [-0.05, 0) is 35.6 Å². The van der Waals surface area contributed by atoms with Gasteiger partial charge >= 0.3 is 0 Å². The Kier molecular flexibility index (Phi) is 5.87. The number of hydrogen-bond donors (Lipinski definition) is 0. The van der Waals surface area contributed by atoms with E-state index in [0.717, 1.165) is 21.6 Å². The molecule has 32 heavy (non-hydrogen) atoms. The first-order valence-corrected chi connectivity index (χ1v) is 12.2. The van der Waals surface area contributed by atoms with E-state index in [1.54, 1.807) is 47.4 Å². The van der Waals surface area contributed by atoms with Gasteiger partial charge in [0.2, 0.25) is 0 Å². The zero-order chi connectivity index (χ0) is 21.9. The van der Waals surface area contributed by atoms with Gasteiger partial charge in [-0.2, -0.15) is 0 Å². The average molecular weight is 461 g/mol. The Hall–Kier alpha value is -3.23. The number of carbonyl (C=O) groups is 2. The highest BCUT2D eigenvalue weighted by Crippen LogP contribution is 2.29. The molecule has 0 aliphatic carbocycles. The lowest BCUT2D eigenvalue weighted by Crippen LogP contribution is -2.31. The molecule has 0 saturated carbocycles. The molecule has 0 unspecified atom stereocenters. The van der Waals surface area contributed by atoms with Crippen LogP contribution in [0.15, 0.2) is 77.3 Å². The van der Waals surface area contributed by atoms with Gasteiger partial charge in [0.15, 0.2) is 11.0 Å². The lowest BCUT2D eigenvalue weighted by Gasteiger charge is -2.13. The summed E-state index contributed by atoms with van der Waals surface area (Å²) in [5, 5.41) is 11.7. The predicted molar refractivity (Wildman–Crippen MR) is 126 cm³/mol. The summed E-state index contributed by atoms with van der Waals surface area (Å²) < 4.78 is 2.13. The molecule has 3 heterocycles. The molecule has 1 aliphatic heterocycles. The molecule has 4 aromatic rings. The van der Waals surface area contributed by atoms with Gasteiger partial charge in [0.25, 0.3) is 11.8 Å². The van der Waals surface area contributed by atoms with E-state index in [2.05, 4.69) is 26.9 Å². The zero-order valence-corrected chi connectivity index (χ0v) is 18.8. The van der Waals surface area contributed by atoms with Crippen molar-refractivity contribution in [3.8, 4) is 10.7 Å². The third kappa shape index (κ3) is 3.99. The van der Waals surface area contributed by atoms with Crippen LogP contribution in [0.3, 0.4) is 0 Å². The van der Waals surface area contributed by atoms with Crippen molar-refractivity contribution >= 4 is 34.9 Å². The predicted octanol–water partition coefficient (Wildman–Crippen LogP) is 4.83. The van der Waals surface area contributed by atoms with Crippen LogP contribution < -0.4 is 0 Å². The van der Waals surface area contributed by atoms with E-state index >= 15 is 0 Å². The van der Waals surface area contributed by atoms with E-state index in [1.165, 1.54) is 10.5 Å². The summed E-state index contributed by atoms with van der Waals surface area (Å²) in [6, 6.07) is 21.3. The summed E-state index contributed by atoms with van der Waals surface area (Å²) in [6.45, 7) is 1.08. The van der Waals surface area contributed by atoms with Crippen LogP contribution in [0.1, 0.15) is 32.7 Å². The molecule has 160 valence electrons. The number of thioether (sulfide) groups is 1. The Labute approximate surface area is 193 Å². The van der Waals surface area contributed by atoms with Gasteiger partial charge in [0.05, 0.1) is 22.5 Å². The maximum atomic E-state index is 12.5. The summed E-state index contributed by atoms with van der Waals surface area (Å²) in [4.78, 5) is 27.5. The minimum Gasteiger partial charge on any atom is -0.297 e. The van der Waals surface area contributed by atoms with Crippen LogP contribution in [-0.2, 0) is 6.54 Å². The standard InChI is InChI=1S/C24H20N4O2S2/c29-22-18-10-4-5-11-19(18)23(30)27(22)13-7-15-32-24-26-25-21(20-12-6-14-31-20)28(24)16-17-8-2-1-3-9-17/h1-6,8-12,14H,7,13,15-16H2. The van der Waals surface area contributed by atoms with Crippen LogP contribution in [0.4, 0.5) is 0 Å². The number of amides is 2. The second kappa shape index (κ2) is 9.10. The quantitative estimate of drug-likeness (QED) is 0.214. The van der Waals surface area contributed by atoms with E-state index in [-0.39, 0.29) is 11.8 Å². The Balaban J connectivity index is 1.27. The van der Waals surface area contributed by atoms with Gasteiger partial charge in [0.1, 0.15) is 0 Å². The summed E-state index contributed by atoms with van der Waals surface area (Å²) >= 11 is 3.24. The minimum absolute atomic E-state index is 0.206. The zero-order valence-electron chi connectivity index (χ0n) is 17.2. The van der Waals surface area contributed by atoms with Crippen molar-refractivity contribution < 1.29 is 9.59 Å². The molecule has 0 fully saturated rings. The third-order valence-corrected chi connectivity index (χ3v) is 7.20. The highest BCUT2D eigenvalue weighted by Gasteiger charge is 2.34. The molecule has 0 spiro atoms. The molecule has 5 rings (SSSR count). The maximum Gasteiger partial charge on any atom is 0.261 e. The summed E-state index contributed by atoms with van der Waals surface area (Å²) in [5.74, 6) is 1.17. The fraction of sp³-hybridized carbons (Fsp3) is 0.167. The largest absolute Gasteiger partial charge is 0.297 e. The number of imide groups is 1. The van der Waals surface area contributed by atoms with Crippen molar-refractivity contribution in [3.63, 3.8) is 0 Å². The molecule has 0 N–H and O–H groups in total. The normalized spacial score (nSPS) is 13.1. The maximum absolute atomic E-state index is 12.5. The SMILES string of the molecule is O=C1c2ccccc2C(=O)N1CCCSc1nnc(-c2cccs2)n1Cc1ccccc1. The van der Waals surface area contributed by atoms with Crippen molar-refractivity contribution in [1.29, 1.82) is 0 Å². The molecular weight excluding hydrogens is 440 g/mol. The van der Waals surface area contributed by atoms with Crippen molar-refractivity contribution in [3.05, 3.63) is 88.8 Å². The molecule has 0 bridgehead atoms. The first-order chi connectivity index (χ1) is 15.7. The smallest absolute Gasteiger partial charge is 0.261 e. The monoisotopic (exact) mass is 460 g/mol. The number of carbonyl (C=O) groups excluding carboxylic acids is 2. The number of aromatic nitrogens is 3. The molecule has 2 aromatic carbocycles. The fourth-order valence-corrected chi connectivity index (χ4v) is 5.30. The Bertz CT molecular complexity index is 1220. The van der Waals surface area contributed by atoms with Crippen LogP contribution in [-0.4, -0.2) is 43.8 Å². The number of thiophene rings is 1. The van der Waals surface area contributed by atoms with Gasteiger partial charge in [-0.3, -0.25) is 19.1 Å². The van der Waals surface area contributed by atoms with Crippen molar-refractivity contribution in [2.75, 3.05) is 12.3 Å². The number of hydrogen-bond acceptors (Lipinski definition) is 6. The summed E-state index contributed by atoms with van der Waals surface area (Å²) in [5.41, 5.74) is 2.17. The van der Waals surface area contributed by atoms with E-state index in [1.807, 2.05) is 35.7 Å². The van der Waals surface area contributed by atoms with Gasteiger partial charge < -0.3 is 0 Å². The number of nitrogens with zero attached hydrogens (tertiary/aromatic N) is 4. The number of benzene rings is 2. The van der Waals surface area contributed by atoms with E-state index < -0.39 is 0 Å².